The van der Waals surface area contributed by atoms with Crippen LogP contribution in [-0.4, -0.2) is 31.3 Å². The zero-order chi connectivity index (χ0) is 23.5. The highest BCUT2D eigenvalue weighted by Gasteiger charge is 2.30. The zero-order valence-corrected chi connectivity index (χ0v) is 20.4. The number of benzene rings is 1. The number of hydrogen-bond donors (Lipinski definition) is 0. The quantitative estimate of drug-likeness (QED) is 0.211. The minimum Gasteiger partial charge on any atom is -0.494 e. The first-order valence-electron chi connectivity index (χ1n) is 12.0. The van der Waals surface area contributed by atoms with Gasteiger partial charge in [-0.15, -0.1) is 0 Å². The summed E-state index contributed by atoms with van der Waals surface area (Å²) in [5.41, 5.74) is 1.90. The lowest BCUT2D eigenvalue weighted by Gasteiger charge is -2.19. The van der Waals surface area contributed by atoms with E-state index < -0.39 is 0 Å². The number of aryl methyl sites for hydroxylation is 1. The van der Waals surface area contributed by atoms with Crippen LogP contribution in [0.2, 0.25) is 0 Å². The van der Waals surface area contributed by atoms with E-state index in [1.165, 1.54) is 5.56 Å². The highest BCUT2D eigenvalue weighted by Crippen LogP contribution is 2.27. The van der Waals surface area contributed by atoms with Crippen LogP contribution in [0.5, 0.6) is 5.75 Å². The van der Waals surface area contributed by atoms with Crippen molar-refractivity contribution in [2.75, 3.05) is 13.2 Å². The van der Waals surface area contributed by atoms with Crippen LogP contribution in [0, 0.1) is 24.7 Å². The maximum absolute atomic E-state index is 12.2. The summed E-state index contributed by atoms with van der Waals surface area (Å²) < 4.78 is 16.4. The summed E-state index contributed by atoms with van der Waals surface area (Å²) in [6, 6.07) is 7.82. The maximum Gasteiger partial charge on any atom is 0.334 e. The summed E-state index contributed by atoms with van der Waals surface area (Å²) in [6.45, 7) is 11.6. The van der Waals surface area contributed by atoms with E-state index in [1.807, 2.05) is 37.3 Å². The molecule has 0 saturated carbocycles. The van der Waals surface area contributed by atoms with Gasteiger partial charge in [0.15, 0.2) is 0 Å². The number of ether oxygens (including phenoxy) is 3. The van der Waals surface area contributed by atoms with Crippen molar-refractivity contribution >= 4 is 11.9 Å². The molecular weight excluding hydrogens is 404 g/mol. The van der Waals surface area contributed by atoms with Crippen LogP contribution >= 0.6 is 0 Å². The predicted octanol–water partition coefficient (Wildman–Crippen LogP) is 6.04. The number of rotatable bonds is 13. The molecule has 1 heterocycles. The minimum absolute atomic E-state index is 0.113. The summed E-state index contributed by atoms with van der Waals surface area (Å²) in [5, 5.41) is 0. The fourth-order valence-corrected chi connectivity index (χ4v) is 4.09. The second-order valence-electron chi connectivity index (χ2n) is 9.77. The number of carbonyl (C=O) groups is 2. The van der Waals surface area contributed by atoms with E-state index in [1.54, 1.807) is 0 Å². The van der Waals surface area contributed by atoms with Gasteiger partial charge in [0.2, 0.25) is 0 Å². The van der Waals surface area contributed by atoms with Crippen molar-refractivity contribution in [1.29, 1.82) is 0 Å². The molecule has 0 amide bonds. The molecule has 0 N–H and O–H groups in total. The Hall–Kier alpha value is -2.30. The molecule has 0 unspecified atom stereocenters. The minimum atomic E-state index is -0.379. The summed E-state index contributed by atoms with van der Waals surface area (Å²) in [4.78, 5) is 24.2. The molecule has 0 aromatic heterocycles. The predicted molar refractivity (Wildman–Crippen MR) is 126 cm³/mol. The number of cyclic esters (lactones) is 1. The third kappa shape index (κ3) is 9.88. The molecule has 2 rings (SSSR count). The van der Waals surface area contributed by atoms with Gasteiger partial charge in [-0.3, -0.25) is 4.79 Å². The van der Waals surface area contributed by atoms with E-state index >= 15 is 0 Å². The molecule has 1 aromatic carbocycles. The van der Waals surface area contributed by atoms with Crippen LogP contribution in [0.15, 0.2) is 35.9 Å². The Balaban J connectivity index is 1.68. The highest BCUT2D eigenvalue weighted by atomic mass is 16.6. The fourth-order valence-electron chi connectivity index (χ4n) is 4.09. The smallest absolute Gasteiger partial charge is 0.334 e. The number of hydrogen-bond acceptors (Lipinski definition) is 5. The van der Waals surface area contributed by atoms with Crippen molar-refractivity contribution in [3.8, 4) is 5.75 Å². The van der Waals surface area contributed by atoms with E-state index in [9.17, 15) is 9.59 Å². The molecule has 0 bridgehead atoms. The topological polar surface area (TPSA) is 61.8 Å². The van der Waals surface area contributed by atoms with Crippen LogP contribution in [0.4, 0.5) is 0 Å². The average molecular weight is 445 g/mol. The molecule has 5 nitrogen and oxygen atoms in total. The summed E-state index contributed by atoms with van der Waals surface area (Å²) in [7, 11) is 0. The normalized spacial score (nSPS) is 17.4. The van der Waals surface area contributed by atoms with Gasteiger partial charge >= 0.3 is 11.9 Å². The van der Waals surface area contributed by atoms with Gasteiger partial charge in [0.05, 0.1) is 6.61 Å². The first-order chi connectivity index (χ1) is 15.2. The van der Waals surface area contributed by atoms with Gasteiger partial charge in [0, 0.05) is 18.4 Å². The van der Waals surface area contributed by atoms with Crippen LogP contribution in [-0.2, 0) is 19.1 Å². The van der Waals surface area contributed by atoms with Crippen molar-refractivity contribution in [1.82, 2.24) is 0 Å². The Bertz CT molecular complexity index is 738. The monoisotopic (exact) mass is 444 g/mol. The zero-order valence-electron chi connectivity index (χ0n) is 20.4. The van der Waals surface area contributed by atoms with Crippen molar-refractivity contribution in [2.24, 2.45) is 17.8 Å². The molecule has 0 radical (unpaired) electrons. The van der Waals surface area contributed by atoms with Crippen molar-refractivity contribution < 1.29 is 23.8 Å². The van der Waals surface area contributed by atoms with Crippen LogP contribution < -0.4 is 4.74 Å². The molecule has 0 spiro atoms. The molecule has 0 aliphatic carbocycles. The van der Waals surface area contributed by atoms with E-state index in [4.69, 9.17) is 14.2 Å². The van der Waals surface area contributed by atoms with Crippen molar-refractivity contribution in [3.63, 3.8) is 0 Å². The van der Waals surface area contributed by atoms with Gasteiger partial charge in [-0.25, -0.2) is 4.79 Å². The van der Waals surface area contributed by atoms with Gasteiger partial charge in [-0.05, 0) is 62.5 Å². The first kappa shape index (κ1) is 26.0. The van der Waals surface area contributed by atoms with E-state index in [0.29, 0.717) is 37.2 Å². The lowest BCUT2D eigenvalue weighted by atomic mass is 9.86. The molecule has 5 heteroatoms. The second kappa shape index (κ2) is 13.3. The third-order valence-corrected chi connectivity index (χ3v) is 5.54. The van der Waals surface area contributed by atoms with Crippen molar-refractivity contribution in [2.45, 2.75) is 79.2 Å². The molecule has 1 aliphatic heterocycles. The second-order valence-corrected chi connectivity index (χ2v) is 9.77. The standard InChI is InChI=1S/C27H40O5/c1-19(2)15-22(16-20(3)4)10-11-23-17-25(32-27(23)29)18-31-26(28)7-6-14-30-24-12-8-21(5)9-13-24/h8-9,11-13,19-20,22,25H,6-7,10,14-18H2,1-5H3/b23-11+/t25-/m0/s1. The fraction of sp³-hybridized carbons (Fsp3) is 0.630. The lowest BCUT2D eigenvalue weighted by Crippen LogP contribution is -2.18. The van der Waals surface area contributed by atoms with Crippen LogP contribution in [0.1, 0.15) is 71.8 Å². The Kier molecular flexibility index (Phi) is 10.8. The average Bonchev–Trinajstić information content (AvgIpc) is 3.08. The molecule has 1 fully saturated rings. The molecule has 178 valence electrons. The summed E-state index contributed by atoms with van der Waals surface area (Å²) >= 11 is 0. The number of carbonyl (C=O) groups excluding carboxylic acids is 2. The SMILES string of the molecule is Cc1ccc(OCCCC(=O)OC[C@@H]2C/C(=C\CC(CC(C)C)CC(C)C)C(=O)O2)cc1. The number of esters is 2. The van der Waals surface area contributed by atoms with E-state index in [0.717, 1.165) is 30.6 Å². The molecule has 1 atom stereocenters. The third-order valence-electron chi connectivity index (χ3n) is 5.54. The Morgan fingerprint density at radius 3 is 2.41 bits per heavy atom. The van der Waals surface area contributed by atoms with Gasteiger partial charge in [0.25, 0.3) is 0 Å². The van der Waals surface area contributed by atoms with E-state index in [-0.39, 0.29) is 31.1 Å². The van der Waals surface area contributed by atoms with Gasteiger partial charge in [0.1, 0.15) is 18.5 Å². The molecular formula is C27H40O5. The maximum atomic E-state index is 12.2. The van der Waals surface area contributed by atoms with Crippen molar-refractivity contribution in [3.05, 3.63) is 41.5 Å². The number of allylic oxidation sites excluding steroid dienone is 1. The van der Waals surface area contributed by atoms with Gasteiger partial charge in [-0.2, -0.15) is 0 Å². The molecule has 1 aliphatic rings. The summed E-state index contributed by atoms with van der Waals surface area (Å²) in [6.07, 6.45) is 6.25. The molecule has 1 aromatic rings. The first-order valence-corrected chi connectivity index (χ1v) is 12.0. The molecule has 32 heavy (non-hydrogen) atoms. The van der Waals surface area contributed by atoms with Gasteiger partial charge in [-0.1, -0.05) is 51.5 Å². The molecule has 1 saturated heterocycles. The largest absolute Gasteiger partial charge is 0.494 e. The Morgan fingerprint density at radius 2 is 1.78 bits per heavy atom. The van der Waals surface area contributed by atoms with E-state index in [2.05, 4.69) is 27.7 Å². The lowest BCUT2D eigenvalue weighted by molar-refractivity contribution is -0.152. The Labute approximate surface area is 193 Å². The highest BCUT2D eigenvalue weighted by molar-refractivity contribution is 5.90. The van der Waals surface area contributed by atoms with Crippen LogP contribution in [0.25, 0.3) is 0 Å². The Morgan fingerprint density at radius 1 is 1.12 bits per heavy atom. The summed E-state index contributed by atoms with van der Waals surface area (Å²) in [5.74, 6) is 2.09. The van der Waals surface area contributed by atoms with Crippen LogP contribution in [0.3, 0.4) is 0 Å². The van der Waals surface area contributed by atoms with Gasteiger partial charge < -0.3 is 14.2 Å².